The average Bonchev–Trinajstić information content (AvgIpc) is 2.92. The van der Waals surface area contributed by atoms with Crippen LogP contribution in [0.4, 0.5) is 0 Å². The Hall–Kier alpha value is -1.26. The van der Waals surface area contributed by atoms with E-state index in [1.54, 1.807) is 23.1 Å². The number of nitrogens with zero attached hydrogens (tertiary/aromatic N) is 2. The number of thiazole rings is 1. The zero-order valence-electron chi connectivity index (χ0n) is 10.4. The van der Waals surface area contributed by atoms with Crippen molar-refractivity contribution in [3.8, 4) is 0 Å². The molecule has 0 saturated carbocycles. The first kappa shape index (κ1) is 11.8. The van der Waals surface area contributed by atoms with E-state index in [0.29, 0.717) is 0 Å². The summed E-state index contributed by atoms with van der Waals surface area (Å²) in [5.41, 5.74) is 2.60. The van der Waals surface area contributed by atoms with Gasteiger partial charge in [0.2, 0.25) is 0 Å². The van der Waals surface area contributed by atoms with Gasteiger partial charge in [-0.1, -0.05) is 36.4 Å². The van der Waals surface area contributed by atoms with E-state index in [2.05, 4.69) is 54.1 Å². The molecular formula is C14H14N2S2. The second-order valence-electron chi connectivity index (χ2n) is 4.19. The van der Waals surface area contributed by atoms with Crippen LogP contribution in [0.3, 0.4) is 0 Å². The Morgan fingerprint density at radius 2 is 2.06 bits per heavy atom. The standard InChI is InChI=1S/C14H14N2S2/c1-3-12-13(15-14-16(12)8-9-17-14)18-11-6-4-10(2)5-7-11/h4-9H,3H2,1-2H3. The first-order chi connectivity index (χ1) is 8.78. The number of fused-ring (bicyclic) bond motifs is 1. The van der Waals surface area contributed by atoms with Crippen LogP contribution in [0, 0.1) is 6.92 Å². The SMILES string of the molecule is CCc1c(Sc2ccc(C)cc2)nc2sccn12. The summed E-state index contributed by atoms with van der Waals surface area (Å²) in [5, 5.41) is 3.22. The molecule has 3 rings (SSSR count). The molecule has 0 fully saturated rings. The molecule has 2 nitrogen and oxygen atoms in total. The van der Waals surface area contributed by atoms with E-state index in [9.17, 15) is 0 Å². The fourth-order valence-electron chi connectivity index (χ4n) is 1.93. The summed E-state index contributed by atoms with van der Waals surface area (Å²) >= 11 is 3.44. The van der Waals surface area contributed by atoms with Crippen molar-refractivity contribution in [2.24, 2.45) is 0 Å². The van der Waals surface area contributed by atoms with Gasteiger partial charge < -0.3 is 0 Å². The highest BCUT2D eigenvalue weighted by atomic mass is 32.2. The van der Waals surface area contributed by atoms with Crippen molar-refractivity contribution in [2.45, 2.75) is 30.2 Å². The molecule has 3 aromatic rings. The topological polar surface area (TPSA) is 17.3 Å². The van der Waals surface area contributed by atoms with Crippen LogP contribution in [0.15, 0.2) is 45.8 Å². The smallest absolute Gasteiger partial charge is 0.194 e. The third-order valence-electron chi connectivity index (χ3n) is 2.89. The highest BCUT2D eigenvalue weighted by Gasteiger charge is 2.12. The number of rotatable bonds is 3. The fraction of sp³-hybridized carbons (Fsp3) is 0.214. The second-order valence-corrected chi connectivity index (χ2v) is 6.12. The highest BCUT2D eigenvalue weighted by molar-refractivity contribution is 7.99. The van der Waals surface area contributed by atoms with E-state index < -0.39 is 0 Å². The van der Waals surface area contributed by atoms with Gasteiger partial charge in [-0.3, -0.25) is 4.40 Å². The van der Waals surface area contributed by atoms with Gasteiger partial charge in [-0.2, -0.15) is 0 Å². The zero-order chi connectivity index (χ0) is 12.5. The van der Waals surface area contributed by atoms with Crippen molar-refractivity contribution < 1.29 is 0 Å². The lowest BCUT2D eigenvalue weighted by Gasteiger charge is -2.02. The van der Waals surface area contributed by atoms with Crippen molar-refractivity contribution in [3.05, 3.63) is 47.1 Å². The largest absolute Gasteiger partial charge is 0.294 e. The van der Waals surface area contributed by atoms with E-state index in [1.165, 1.54) is 16.2 Å². The van der Waals surface area contributed by atoms with Gasteiger partial charge >= 0.3 is 0 Å². The first-order valence-electron chi connectivity index (χ1n) is 5.97. The highest BCUT2D eigenvalue weighted by Crippen LogP contribution is 2.32. The maximum Gasteiger partial charge on any atom is 0.194 e. The number of hydrogen-bond donors (Lipinski definition) is 0. The van der Waals surface area contributed by atoms with Crippen LogP contribution in [-0.4, -0.2) is 9.38 Å². The summed E-state index contributed by atoms with van der Waals surface area (Å²) in [6.07, 6.45) is 3.11. The minimum Gasteiger partial charge on any atom is -0.294 e. The molecular weight excluding hydrogens is 260 g/mol. The van der Waals surface area contributed by atoms with Gasteiger partial charge in [-0.25, -0.2) is 4.98 Å². The lowest BCUT2D eigenvalue weighted by atomic mass is 10.2. The van der Waals surface area contributed by atoms with Crippen LogP contribution in [0.5, 0.6) is 0 Å². The number of imidazole rings is 1. The molecule has 0 N–H and O–H groups in total. The lowest BCUT2D eigenvalue weighted by molar-refractivity contribution is 0.957. The maximum atomic E-state index is 4.71. The molecule has 0 aliphatic heterocycles. The number of benzene rings is 1. The Morgan fingerprint density at radius 3 is 2.78 bits per heavy atom. The average molecular weight is 274 g/mol. The summed E-state index contributed by atoms with van der Waals surface area (Å²) < 4.78 is 2.20. The Labute approximate surface area is 115 Å². The molecule has 92 valence electrons. The van der Waals surface area contributed by atoms with Crippen LogP contribution in [-0.2, 0) is 6.42 Å². The quantitative estimate of drug-likeness (QED) is 0.703. The summed E-state index contributed by atoms with van der Waals surface area (Å²) in [5.74, 6) is 0. The molecule has 0 amide bonds. The van der Waals surface area contributed by atoms with E-state index in [4.69, 9.17) is 4.98 Å². The second kappa shape index (κ2) is 4.78. The van der Waals surface area contributed by atoms with Gasteiger partial charge in [0.25, 0.3) is 0 Å². The van der Waals surface area contributed by atoms with Crippen molar-refractivity contribution in [2.75, 3.05) is 0 Å². The minimum absolute atomic E-state index is 1.01. The third-order valence-corrected chi connectivity index (χ3v) is 4.68. The van der Waals surface area contributed by atoms with Gasteiger partial charge in [0, 0.05) is 16.5 Å². The monoisotopic (exact) mass is 274 g/mol. The normalized spacial score (nSPS) is 11.2. The molecule has 0 saturated heterocycles. The molecule has 2 aromatic heterocycles. The van der Waals surface area contributed by atoms with Crippen molar-refractivity contribution in [3.63, 3.8) is 0 Å². The zero-order valence-corrected chi connectivity index (χ0v) is 12.0. The Morgan fingerprint density at radius 1 is 1.28 bits per heavy atom. The number of hydrogen-bond acceptors (Lipinski definition) is 3. The molecule has 18 heavy (non-hydrogen) atoms. The summed E-state index contributed by atoms with van der Waals surface area (Å²) in [6.45, 7) is 4.29. The van der Waals surface area contributed by atoms with Crippen LogP contribution >= 0.6 is 23.1 Å². The first-order valence-corrected chi connectivity index (χ1v) is 7.66. The Kier molecular flexibility index (Phi) is 3.14. The lowest BCUT2D eigenvalue weighted by Crippen LogP contribution is -1.88. The Bertz CT molecular complexity index is 665. The van der Waals surface area contributed by atoms with Crippen LogP contribution < -0.4 is 0 Å². The molecule has 0 unspecified atom stereocenters. The Balaban J connectivity index is 1.98. The van der Waals surface area contributed by atoms with Crippen LogP contribution in [0.25, 0.3) is 4.96 Å². The molecule has 0 radical (unpaired) electrons. The molecule has 4 heteroatoms. The van der Waals surface area contributed by atoms with E-state index in [0.717, 1.165) is 16.4 Å². The van der Waals surface area contributed by atoms with Gasteiger partial charge in [0.1, 0.15) is 5.03 Å². The van der Waals surface area contributed by atoms with Crippen LogP contribution in [0.1, 0.15) is 18.2 Å². The maximum absolute atomic E-state index is 4.71. The molecule has 0 spiro atoms. The van der Waals surface area contributed by atoms with Gasteiger partial charge in [0.15, 0.2) is 4.96 Å². The van der Waals surface area contributed by atoms with E-state index in [-0.39, 0.29) is 0 Å². The molecule has 0 aliphatic carbocycles. The molecule has 2 heterocycles. The van der Waals surface area contributed by atoms with Gasteiger partial charge in [-0.15, -0.1) is 11.3 Å². The minimum atomic E-state index is 1.01. The molecule has 0 bridgehead atoms. The molecule has 0 atom stereocenters. The summed E-state index contributed by atoms with van der Waals surface area (Å²) in [7, 11) is 0. The predicted molar refractivity (Wildman–Crippen MR) is 77.7 cm³/mol. The predicted octanol–water partition coefficient (Wildman–Crippen LogP) is 4.42. The summed E-state index contributed by atoms with van der Waals surface area (Å²) in [6, 6.07) is 8.61. The van der Waals surface area contributed by atoms with Gasteiger partial charge in [-0.05, 0) is 25.5 Å². The van der Waals surface area contributed by atoms with Crippen LogP contribution in [0.2, 0.25) is 0 Å². The molecule has 1 aromatic carbocycles. The van der Waals surface area contributed by atoms with Crippen molar-refractivity contribution in [1.29, 1.82) is 0 Å². The number of aryl methyl sites for hydroxylation is 2. The third kappa shape index (κ3) is 2.06. The molecule has 0 aliphatic rings. The number of aromatic nitrogens is 2. The summed E-state index contributed by atoms with van der Waals surface area (Å²) in [4.78, 5) is 7.04. The van der Waals surface area contributed by atoms with E-state index in [1.807, 2.05) is 0 Å². The fourth-order valence-corrected chi connectivity index (χ4v) is 3.71. The van der Waals surface area contributed by atoms with E-state index >= 15 is 0 Å². The van der Waals surface area contributed by atoms with Crippen molar-refractivity contribution >= 4 is 28.1 Å². The van der Waals surface area contributed by atoms with Gasteiger partial charge in [0.05, 0.1) is 5.69 Å². The van der Waals surface area contributed by atoms with Crippen molar-refractivity contribution in [1.82, 2.24) is 9.38 Å².